The largest absolute Gasteiger partial charge is 0.506 e. The minimum absolute atomic E-state index is 0.395. The lowest BCUT2D eigenvalue weighted by molar-refractivity contribution is -0.117. The van der Waals surface area contributed by atoms with Gasteiger partial charge in [0.05, 0.1) is 0 Å². The van der Waals surface area contributed by atoms with Gasteiger partial charge in [0, 0.05) is 0 Å². The number of hydrogen-bond acceptors (Lipinski definition) is 5. The highest BCUT2D eigenvalue weighted by Gasteiger charge is 2.38. The summed E-state index contributed by atoms with van der Waals surface area (Å²) in [5.41, 5.74) is 0.679. The summed E-state index contributed by atoms with van der Waals surface area (Å²) in [5.74, 6) is -1.57. The van der Waals surface area contributed by atoms with Gasteiger partial charge in [0.1, 0.15) is 18.0 Å². The molecule has 24 heavy (non-hydrogen) atoms. The average Bonchev–Trinajstić information content (AvgIpc) is 2.66. The summed E-state index contributed by atoms with van der Waals surface area (Å²) in [7, 11) is -2.30. The van der Waals surface area contributed by atoms with Crippen LogP contribution in [-0.4, -0.2) is 39.6 Å². The predicted molar refractivity (Wildman–Crippen MR) is 86.5 cm³/mol. The number of halogens is 1. The zero-order chi connectivity index (χ0) is 17.5. The fourth-order valence-electron chi connectivity index (χ4n) is 3.44. The molecule has 1 saturated heterocycles. The number of aromatic hydroxyl groups is 1. The van der Waals surface area contributed by atoms with Crippen LogP contribution in [0.25, 0.3) is 0 Å². The van der Waals surface area contributed by atoms with Crippen molar-refractivity contribution < 1.29 is 22.7 Å². The first-order valence-electron chi connectivity index (χ1n) is 7.84. The number of nitrogens with zero attached hydrogens (tertiary/aromatic N) is 1. The molecular formula is C15H20FN3O4S. The van der Waals surface area contributed by atoms with Crippen molar-refractivity contribution in [1.82, 2.24) is 10.0 Å². The van der Waals surface area contributed by atoms with Gasteiger partial charge in [-0.2, -0.15) is 8.42 Å². The first kappa shape index (κ1) is 17.0. The number of phenols is 1. The summed E-state index contributed by atoms with van der Waals surface area (Å²) in [4.78, 5) is 11.4. The molecule has 7 nitrogen and oxygen atoms in total. The minimum Gasteiger partial charge on any atom is -0.506 e. The van der Waals surface area contributed by atoms with Gasteiger partial charge in [-0.05, 0) is 62.4 Å². The van der Waals surface area contributed by atoms with Crippen LogP contribution in [0.2, 0.25) is 0 Å². The number of carbonyl (C=O) groups excluding carboxylic acids is 1. The van der Waals surface area contributed by atoms with Crippen molar-refractivity contribution in [2.75, 3.05) is 24.4 Å². The van der Waals surface area contributed by atoms with Gasteiger partial charge in [0.15, 0.2) is 5.82 Å². The Morgan fingerprint density at radius 1 is 1.42 bits per heavy atom. The Morgan fingerprint density at radius 3 is 2.75 bits per heavy atom. The normalized spacial score (nSPS) is 22.8. The molecule has 1 aliphatic heterocycles. The summed E-state index contributed by atoms with van der Waals surface area (Å²) >= 11 is 0. The number of carbonyl (C=O) groups is 1. The number of nitrogens with one attached hydrogen (secondary N) is 2. The number of benzene rings is 1. The highest BCUT2D eigenvalue weighted by atomic mass is 32.2. The van der Waals surface area contributed by atoms with E-state index >= 15 is 4.39 Å². The number of hydrogen-bond donors (Lipinski definition) is 3. The fourth-order valence-corrected chi connectivity index (χ4v) is 4.60. The summed E-state index contributed by atoms with van der Waals surface area (Å²) in [5, 5.41) is 13.3. The molecular weight excluding hydrogens is 337 g/mol. The number of phenolic OH excluding ortho intramolecular Hbond substituents is 1. The number of aryl methyl sites for hydroxylation is 1. The maximum atomic E-state index is 15.0. The fraction of sp³-hybridized carbons (Fsp3) is 0.533. The van der Waals surface area contributed by atoms with Gasteiger partial charge in [-0.1, -0.05) is 0 Å². The lowest BCUT2D eigenvalue weighted by atomic mass is 10.00. The molecule has 3 rings (SSSR count). The molecule has 1 aliphatic carbocycles. The van der Waals surface area contributed by atoms with Gasteiger partial charge >= 0.3 is 10.2 Å². The molecule has 3 N–H and O–H groups in total. The molecule has 9 heteroatoms. The van der Waals surface area contributed by atoms with E-state index in [4.69, 9.17) is 0 Å². The minimum atomic E-state index is -4.17. The Morgan fingerprint density at radius 2 is 2.12 bits per heavy atom. The third-order valence-corrected chi connectivity index (χ3v) is 5.98. The second-order valence-corrected chi connectivity index (χ2v) is 7.83. The van der Waals surface area contributed by atoms with Gasteiger partial charge in [0.2, 0.25) is 0 Å². The Labute approximate surface area is 140 Å². The lowest BCUT2D eigenvalue weighted by Gasteiger charge is -2.20. The van der Waals surface area contributed by atoms with E-state index in [1.165, 1.54) is 6.07 Å². The van der Waals surface area contributed by atoms with E-state index in [0.717, 1.165) is 19.4 Å². The smallest absolute Gasteiger partial charge is 0.326 e. The van der Waals surface area contributed by atoms with Crippen molar-refractivity contribution in [2.24, 2.45) is 5.92 Å². The predicted octanol–water partition coefficient (Wildman–Crippen LogP) is 0.427. The van der Waals surface area contributed by atoms with Crippen LogP contribution in [0.4, 0.5) is 10.1 Å². The lowest BCUT2D eigenvalue weighted by Crippen LogP contribution is -2.30. The molecule has 0 radical (unpaired) electrons. The SMILES string of the molecule is CNCC1CCc2cc(O)c(N3CC(=O)NS3(=O)=O)c(F)c2CC1. The Balaban J connectivity index is 2.02. The second-order valence-electron chi connectivity index (χ2n) is 6.23. The number of fused-ring (bicyclic) bond motifs is 1. The van der Waals surface area contributed by atoms with Crippen LogP contribution >= 0.6 is 0 Å². The summed E-state index contributed by atoms with van der Waals surface area (Å²) in [6, 6.07) is 1.42. The zero-order valence-electron chi connectivity index (χ0n) is 13.3. The van der Waals surface area contributed by atoms with Crippen LogP contribution in [0, 0.1) is 11.7 Å². The van der Waals surface area contributed by atoms with Crippen molar-refractivity contribution in [3.05, 3.63) is 23.0 Å². The zero-order valence-corrected chi connectivity index (χ0v) is 14.1. The van der Waals surface area contributed by atoms with E-state index in [2.05, 4.69) is 5.32 Å². The van der Waals surface area contributed by atoms with E-state index in [9.17, 15) is 18.3 Å². The molecule has 1 fully saturated rings. The molecule has 1 aromatic carbocycles. The van der Waals surface area contributed by atoms with Gasteiger partial charge in [-0.25, -0.2) is 13.4 Å². The highest BCUT2D eigenvalue weighted by Crippen LogP contribution is 2.39. The first-order chi connectivity index (χ1) is 11.3. The number of anilines is 1. The van der Waals surface area contributed by atoms with Crippen LogP contribution in [0.5, 0.6) is 5.75 Å². The maximum Gasteiger partial charge on any atom is 0.326 e. The number of rotatable bonds is 3. The van der Waals surface area contributed by atoms with Crippen molar-refractivity contribution in [2.45, 2.75) is 25.7 Å². The Kier molecular flexibility index (Phi) is 4.39. The molecule has 0 spiro atoms. The van der Waals surface area contributed by atoms with Gasteiger partial charge in [-0.15, -0.1) is 0 Å². The van der Waals surface area contributed by atoms with E-state index in [1.807, 2.05) is 7.05 Å². The maximum absolute atomic E-state index is 15.0. The molecule has 132 valence electrons. The second kappa shape index (κ2) is 6.21. The van der Waals surface area contributed by atoms with Crippen LogP contribution in [0.3, 0.4) is 0 Å². The topological polar surface area (TPSA) is 98.7 Å². The van der Waals surface area contributed by atoms with Crippen molar-refractivity contribution in [3.63, 3.8) is 0 Å². The van der Waals surface area contributed by atoms with Crippen LogP contribution in [0.15, 0.2) is 6.07 Å². The molecule has 2 aliphatic rings. The Bertz CT molecular complexity index is 781. The van der Waals surface area contributed by atoms with Crippen LogP contribution < -0.4 is 14.3 Å². The monoisotopic (exact) mass is 357 g/mol. The van der Waals surface area contributed by atoms with E-state index < -0.39 is 39.9 Å². The molecule has 0 bridgehead atoms. The standard InChI is InChI=1S/C15H20FN3O4S/c1-17-7-9-2-4-10-6-12(20)15(14(16)11(10)5-3-9)19-8-13(21)18-24(19,22)23/h6,9,17,20H,2-5,7-8H2,1H3,(H,18,21). The first-order valence-corrected chi connectivity index (χ1v) is 9.28. The Hall–Kier alpha value is -1.87. The molecule has 0 aromatic heterocycles. The third kappa shape index (κ3) is 2.93. The molecule has 1 unspecified atom stereocenters. The molecule has 1 aromatic rings. The van der Waals surface area contributed by atoms with Crippen molar-refractivity contribution in [3.8, 4) is 5.75 Å². The van der Waals surface area contributed by atoms with Crippen molar-refractivity contribution in [1.29, 1.82) is 0 Å². The van der Waals surface area contributed by atoms with Gasteiger partial charge < -0.3 is 10.4 Å². The van der Waals surface area contributed by atoms with Crippen molar-refractivity contribution >= 4 is 21.8 Å². The van der Waals surface area contributed by atoms with E-state index in [1.54, 1.807) is 4.72 Å². The van der Waals surface area contributed by atoms with Gasteiger partial charge in [-0.3, -0.25) is 4.79 Å². The van der Waals surface area contributed by atoms with E-state index in [0.29, 0.717) is 34.2 Å². The van der Waals surface area contributed by atoms with Gasteiger partial charge in [0.25, 0.3) is 5.91 Å². The molecule has 1 atom stereocenters. The number of amides is 1. The highest BCUT2D eigenvalue weighted by molar-refractivity contribution is 7.92. The molecule has 0 saturated carbocycles. The third-order valence-electron chi connectivity index (χ3n) is 4.60. The summed E-state index contributed by atoms with van der Waals surface area (Å²) in [6.07, 6.45) is 2.74. The summed E-state index contributed by atoms with van der Waals surface area (Å²) < 4.78 is 41.3. The van der Waals surface area contributed by atoms with Crippen LogP contribution in [0.1, 0.15) is 24.0 Å². The molecule has 1 heterocycles. The van der Waals surface area contributed by atoms with Crippen LogP contribution in [-0.2, 0) is 27.8 Å². The quantitative estimate of drug-likeness (QED) is 0.682. The molecule has 1 amide bonds. The average molecular weight is 357 g/mol. The summed E-state index contributed by atoms with van der Waals surface area (Å²) in [6.45, 7) is 0.293. The van der Waals surface area contributed by atoms with E-state index in [-0.39, 0.29) is 0 Å².